The first-order valence-corrected chi connectivity index (χ1v) is 6.73. The Morgan fingerprint density at radius 1 is 1.29 bits per heavy atom. The van der Waals surface area contributed by atoms with E-state index in [1.54, 1.807) is 31.2 Å². The van der Waals surface area contributed by atoms with Gasteiger partial charge in [0.1, 0.15) is 6.04 Å². The molecule has 0 saturated heterocycles. The lowest BCUT2D eigenvalue weighted by molar-refractivity contribution is -0.140. The van der Waals surface area contributed by atoms with Crippen LogP contribution in [0.2, 0.25) is 5.02 Å². The Morgan fingerprint density at radius 2 is 1.95 bits per heavy atom. The topological polar surface area (TPSA) is 84.5 Å². The smallest absolute Gasteiger partial charge is 0.307 e. The fraction of sp³-hybridized carbons (Fsp3) is 0.357. The molecule has 0 spiro atoms. The lowest BCUT2D eigenvalue weighted by Crippen LogP contribution is -2.45. The quantitative estimate of drug-likeness (QED) is 0.771. The summed E-state index contributed by atoms with van der Waals surface area (Å²) in [6.07, 6.45) is 0.0768. The number of hydrogen-bond donors (Lipinski definition) is 2. The number of halogens is 1. The highest BCUT2D eigenvalue weighted by Gasteiger charge is 2.17. The molecule has 1 unspecified atom stereocenters. The standard InChI is InChI=1S/C14H17ClN2O4/c1-9(13(19)16-8-7-12(18)21-2)17-14(20)10-5-3-4-6-11(10)15/h3-6,9H,7-8H2,1-2H3,(H,16,19)(H,17,20). The van der Waals surface area contributed by atoms with Crippen molar-refractivity contribution in [2.45, 2.75) is 19.4 Å². The van der Waals surface area contributed by atoms with Crippen LogP contribution in [0.3, 0.4) is 0 Å². The number of amides is 2. The molecule has 0 aliphatic carbocycles. The molecule has 1 atom stereocenters. The molecule has 2 N–H and O–H groups in total. The lowest BCUT2D eigenvalue weighted by atomic mass is 10.2. The van der Waals surface area contributed by atoms with Crippen LogP contribution in [0.1, 0.15) is 23.7 Å². The molecule has 0 aliphatic rings. The average Bonchev–Trinajstić information content (AvgIpc) is 2.47. The average molecular weight is 313 g/mol. The van der Waals surface area contributed by atoms with Gasteiger partial charge in [-0.25, -0.2) is 0 Å². The third kappa shape index (κ3) is 5.43. The number of nitrogens with one attached hydrogen (secondary N) is 2. The Morgan fingerprint density at radius 3 is 2.57 bits per heavy atom. The third-order valence-electron chi connectivity index (χ3n) is 2.72. The van der Waals surface area contributed by atoms with Gasteiger partial charge >= 0.3 is 5.97 Å². The Balaban J connectivity index is 2.47. The minimum Gasteiger partial charge on any atom is -0.469 e. The number of carbonyl (C=O) groups excluding carboxylic acids is 3. The molecule has 1 aromatic rings. The molecule has 0 bridgehead atoms. The summed E-state index contributed by atoms with van der Waals surface area (Å²) in [6.45, 7) is 1.69. The number of carbonyl (C=O) groups is 3. The van der Waals surface area contributed by atoms with Crippen molar-refractivity contribution in [3.63, 3.8) is 0 Å². The second-order valence-electron chi connectivity index (χ2n) is 4.29. The fourth-order valence-corrected chi connectivity index (χ4v) is 1.75. The molecule has 0 radical (unpaired) electrons. The maximum Gasteiger partial charge on any atom is 0.307 e. The predicted molar refractivity (Wildman–Crippen MR) is 78.0 cm³/mol. The third-order valence-corrected chi connectivity index (χ3v) is 3.04. The highest BCUT2D eigenvalue weighted by molar-refractivity contribution is 6.33. The van der Waals surface area contributed by atoms with Crippen LogP contribution < -0.4 is 10.6 Å². The summed E-state index contributed by atoms with van der Waals surface area (Å²) in [4.78, 5) is 34.6. The normalized spacial score (nSPS) is 11.4. The van der Waals surface area contributed by atoms with Gasteiger partial charge in [0.25, 0.3) is 5.91 Å². The van der Waals surface area contributed by atoms with Gasteiger partial charge in [-0.15, -0.1) is 0 Å². The second kappa shape index (κ2) is 8.26. The number of benzene rings is 1. The number of esters is 1. The zero-order valence-electron chi connectivity index (χ0n) is 11.8. The molecular weight excluding hydrogens is 296 g/mol. The van der Waals surface area contributed by atoms with Crippen molar-refractivity contribution in [1.82, 2.24) is 10.6 Å². The summed E-state index contributed by atoms with van der Waals surface area (Å²) in [7, 11) is 1.27. The summed E-state index contributed by atoms with van der Waals surface area (Å²) in [5.41, 5.74) is 0.299. The van der Waals surface area contributed by atoms with E-state index in [0.29, 0.717) is 10.6 Å². The largest absolute Gasteiger partial charge is 0.469 e. The van der Waals surface area contributed by atoms with Gasteiger partial charge in [-0.1, -0.05) is 23.7 Å². The number of ether oxygens (including phenoxy) is 1. The summed E-state index contributed by atoms with van der Waals surface area (Å²) in [6, 6.07) is 5.81. The minimum atomic E-state index is -0.744. The van der Waals surface area contributed by atoms with E-state index >= 15 is 0 Å². The van der Waals surface area contributed by atoms with Gasteiger partial charge in [-0.05, 0) is 19.1 Å². The van der Waals surface area contributed by atoms with E-state index in [2.05, 4.69) is 15.4 Å². The lowest BCUT2D eigenvalue weighted by Gasteiger charge is -2.14. The monoisotopic (exact) mass is 312 g/mol. The maximum atomic E-state index is 12.0. The minimum absolute atomic E-state index is 0.0768. The van der Waals surface area contributed by atoms with Crippen molar-refractivity contribution in [2.24, 2.45) is 0 Å². The highest BCUT2D eigenvalue weighted by atomic mass is 35.5. The van der Waals surface area contributed by atoms with Crippen LogP contribution in [0, 0.1) is 0 Å². The SMILES string of the molecule is COC(=O)CCNC(=O)C(C)NC(=O)c1ccccc1Cl. The number of methoxy groups -OCH3 is 1. The molecule has 21 heavy (non-hydrogen) atoms. The fourth-order valence-electron chi connectivity index (χ4n) is 1.53. The van der Waals surface area contributed by atoms with Crippen LogP contribution in [-0.4, -0.2) is 37.5 Å². The molecule has 114 valence electrons. The summed E-state index contributed by atoms with van der Waals surface area (Å²) >= 11 is 5.90. The van der Waals surface area contributed by atoms with Gasteiger partial charge in [-0.3, -0.25) is 14.4 Å². The molecule has 0 fully saturated rings. The molecule has 6 nitrogen and oxygen atoms in total. The molecular formula is C14H17ClN2O4. The van der Waals surface area contributed by atoms with Crippen molar-refractivity contribution in [3.8, 4) is 0 Å². The van der Waals surface area contributed by atoms with Crippen LogP contribution in [0.4, 0.5) is 0 Å². The Kier molecular flexibility index (Phi) is 6.68. The van der Waals surface area contributed by atoms with Crippen molar-refractivity contribution in [1.29, 1.82) is 0 Å². The zero-order valence-corrected chi connectivity index (χ0v) is 12.6. The maximum absolute atomic E-state index is 12.0. The molecule has 0 aliphatic heterocycles. The van der Waals surface area contributed by atoms with Crippen molar-refractivity contribution in [3.05, 3.63) is 34.9 Å². The summed E-state index contributed by atoms with van der Waals surface area (Å²) in [5, 5.41) is 5.38. The van der Waals surface area contributed by atoms with Crippen molar-refractivity contribution >= 4 is 29.4 Å². The van der Waals surface area contributed by atoms with Crippen LogP contribution in [0.25, 0.3) is 0 Å². The molecule has 2 amide bonds. The first kappa shape index (κ1) is 17.0. The molecule has 1 aromatic carbocycles. The molecule has 0 aromatic heterocycles. The van der Waals surface area contributed by atoms with Gasteiger partial charge in [-0.2, -0.15) is 0 Å². The second-order valence-corrected chi connectivity index (χ2v) is 4.70. The van der Waals surface area contributed by atoms with Crippen LogP contribution in [-0.2, 0) is 14.3 Å². The van der Waals surface area contributed by atoms with E-state index in [1.807, 2.05) is 0 Å². The number of rotatable bonds is 6. The van der Waals surface area contributed by atoms with Crippen LogP contribution >= 0.6 is 11.6 Å². The zero-order chi connectivity index (χ0) is 15.8. The summed E-state index contributed by atoms with van der Waals surface area (Å²) < 4.78 is 4.45. The van der Waals surface area contributed by atoms with E-state index in [-0.39, 0.29) is 18.9 Å². The van der Waals surface area contributed by atoms with E-state index < -0.39 is 17.9 Å². The van der Waals surface area contributed by atoms with Gasteiger partial charge in [0.05, 0.1) is 24.1 Å². The highest BCUT2D eigenvalue weighted by Crippen LogP contribution is 2.14. The van der Waals surface area contributed by atoms with E-state index in [1.165, 1.54) is 7.11 Å². The van der Waals surface area contributed by atoms with Crippen molar-refractivity contribution in [2.75, 3.05) is 13.7 Å². The van der Waals surface area contributed by atoms with Gasteiger partial charge in [0.2, 0.25) is 5.91 Å². The Hall–Kier alpha value is -2.08. The Bertz CT molecular complexity index is 533. The molecule has 0 saturated carbocycles. The summed E-state index contributed by atoms with van der Waals surface area (Å²) in [5.74, 6) is -1.24. The molecule has 0 heterocycles. The molecule has 7 heteroatoms. The number of hydrogen-bond acceptors (Lipinski definition) is 4. The van der Waals surface area contributed by atoms with Crippen LogP contribution in [0.15, 0.2) is 24.3 Å². The van der Waals surface area contributed by atoms with Gasteiger partial charge < -0.3 is 15.4 Å². The first-order chi connectivity index (χ1) is 9.95. The van der Waals surface area contributed by atoms with E-state index in [4.69, 9.17) is 11.6 Å². The van der Waals surface area contributed by atoms with Gasteiger partial charge in [0.15, 0.2) is 0 Å². The molecule has 1 rings (SSSR count). The van der Waals surface area contributed by atoms with Crippen LogP contribution in [0.5, 0.6) is 0 Å². The van der Waals surface area contributed by atoms with Crippen molar-refractivity contribution < 1.29 is 19.1 Å². The Labute approximate surface area is 127 Å². The van der Waals surface area contributed by atoms with E-state index in [9.17, 15) is 14.4 Å². The first-order valence-electron chi connectivity index (χ1n) is 6.35. The predicted octanol–water partition coefficient (Wildman–Crippen LogP) is 1.14. The van der Waals surface area contributed by atoms with E-state index in [0.717, 1.165) is 0 Å². The van der Waals surface area contributed by atoms with Gasteiger partial charge in [0, 0.05) is 6.54 Å².